The monoisotopic (exact) mass is 283 g/mol. The highest BCUT2D eigenvalue weighted by Crippen LogP contribution is 2.42. The summed E-state index contributed by atoms with van der Waals surface area (Å²) < 4.78 is 11.2. The fraction of sp³-hybridized carbons (Fsp3) is 0.333. The number of benzene rings is 2. The van der Waals surface area contributed by atoms with Crippen LogP contribution in [0.1, 0.15) is 30.5 Å². The number of para-hydroxylation sites is 2. The number of hydrogen-bond acceptors (Lipinski definition) is 3. The van der Waals surface area contributed by atoms with Crippen molar-refractivity contribution in [2.75, 3.05) is 13.7 Å². The van der Waals surface area contributed by atoms with Gasteiger partial charge >= 0.3 is 0 Å². The smallest absolute Gasteiger partial charge is 0.132 e. The quantitative estimate of drug-likeness (QED) is 0.903. The lowest BCUT2D eigenvalue weighted by atomic mass is 9.94. The Morgan fingerprint density at radius 3 is 2.19 bits per heavy atom. The van der Waals surface area contributed by atoms with Gasteiger partial charge in [-0.15, -0.1) is 0 Å². The van der Waals surface area contributed by atoms with E-state index in [9.17, 15) is 0 Å². The number of methoxy groups -OCH3 is 1. The lowest BCUT2D eigenvalue weighted by molar-refractivity contribution is 0.183. The third-order valence-corrected chi connectivity index (χ3v) is 3.89. The maximum Gasteiger partial charge on any atom is 0.132 e. The molecule has 1 heterocycles. The van der Waals surface area contributed by atoms with Gasteiger partial charge in [-0.1, -0.05) is 36.4 Å². The zero-order valence-corrected chi connectivity index (χ0v) is 12.5. The maximum absolute atomic E-state index is 6.01. The van der Waals surface area contributed by atoms with Crippen molar-refractivity contribution in [1.82, 2.24) is 5.32 Å². The van der Waals surface area contributed by atoms with Crippen LogP contribution >= 0.6 is 0 Å². The predicted octanol–water partition coefficient (Wildman–Crippen LogP) is 3.90. The van der Waals surface area contributed by atoms with E-state index in [0.717, 1.165) is 24.5 Å². The molecule has 1 N–H and O–H groups in total. The van der Waals surface area contributed by atoms with E-state index in [-0.39, 0.29) is 6.04 Å². The van der Waals surface area contributed by atoms with Crippen LogP contribution in [0.15, 0.2) is 48.5 Å². The molecular formula is C18H21NO2. The van der Waals surface area contributed by atoms with E-state index in [2.05, 4.69) is 36.5 Å². The second-order valence-corrected chi connectivity index (χ2v) is 5.46. The molecule has 0 saturated heterocycles. The number of nitrogens with one attached hydrogen (secondary N) is 1. The van der Waals surface area contributed by atoms with Crippen LogP contribution in [0.2, 0.25) is 0 Å². The Morgan fingerprint density at radius 2 is 1.62 bits per heavy atom. The molecule has 21 heavy (non-hydrogen) atoms. The summed E-state index contributed by atoms with van der Waals surface area (Å²) in [5.74, 6) is 1.88. The first-order valence-corrected chi connectivity index (χ1v) is 7.40. The van der Waals surface area contributed by atoms with Gasteiger partial charge in [0.2, 0.25) is 0 Å². The summed E-state index contributed by atoms with van der Waals surface area (Å²) >= 11 is 0. The van der Waals surface area contributed by atoms with Crippen molar-refractivity contribution in [3.63, 3.8) is 0 Å². The van der Waals surface area contributed by atoms with E-state index >= 15 is 0 Å². The zero-order chi connectivity index (χ0) is 14.7. The van der Waals surface area contributed by atoms with Crippen LogP contribution in [-0.2, 0) is 4.74 Å². The molecule has 0 bridgehead atoms. The predicted molar refractivity (Wildman–Crippen MR) is 83.9 cm³/mol. The first-order chi connectivity index (χ1) is 10.3. The number of rotatable bonds is 5. The van der Waals surface area contributed by atoms with E-state index in [1.165, 1.54) is 11.1 Å². The Balaban J connectivity index is 1.91. The van der Waals surface area contributed by atoms with E-state index in [4.69, 9.17) is 9.47 Å². The first-order valence-electron chi connectivity index (χ1n) is 7.40. The van der Waals surface area contributed by atoms with Gasteiger partial charge in [-0.25, -0.2) is 0 Å². The topological polar surface area (TPSA) is 30.5 Å². The van der Waals surface area contributed by atoms with Crippen molar-refractivity contribution in [2.45, 2.75) is 25.4 Å². The molecule has 0 fully saturated rings. The number of ether oxygens (including phenoxy) is 2. The van der Waals surface area contributed by atoms with Crippen molar-refractivity contribution in [2.24, 2.45) is 0 Å². The molecule has 0 aromatic heterocycles. The Kier molecular flexibility index (Phi) is 4.23. The van der Waals surface area contributed by atoms with Crippen LogP contribution in [-0.4, -0.2) is 19.8 Å². The minimum absolute atomic E-state index is 0.165. The van der Waals surface area contributed by atoms with Crippen molar-refractivity contribution in [1.29, 1.82) is 0 Å². The summed E-state index contributed by atoms with van der Waals surface area (Å²) in [5.41, 5.74) is 2.39. The molecule has 1 aliphatic heterocycles. The van der Waals surface area contributed by atoms with Gasteiger partial charge in [0.1, 0.15) is 11.5 Å². The molecule has 0 radical (unpaired) electrons. The van der Waals surface area contributed by atoms with Gasteiger partial charge in [0.05, 0.1) is 6.04 Å². The molecule has 1 unspecified atom stereocenters. The second-order valence-electron chi connectivity index (χ2n) is 5.46. The summed E-state index contributed by atoms with van der Waals surface area (Å²) in [6.45, 7) is 2.96. The summed E-state index contributed by atoms with van der Waals surface area (Å²) in [5, 5.41) is 3.71. The molecule has 0 aliphatic carbocycles. The highest BCUT2D eigenvalue weighted by Gasteiger charge is 2.27. The molecule has 3 rings (SSSR count). The lowest BCUT2D eigenvalue weighted by Gasteiger charge is -2.31. The molecule has 2 aromatic rings. The molecule has 0 amide bonds. The van der Waals surface area contributed by atoms with Gasteiger partial charge in [-0.2, -0.15) is 0 Å². The third-order valence-electron chi connectivity index (χ3n) is 3.89. The molecule has 110 valence electrons. The van der Waals surface area contributed by atoms with E-state index in [0.29, 0.717) is 6.04 Å². The SMILES string of the molecule is COCCC(C)NC1c2ccccc2Oc2ccccc21. The van der Waals surface area contributed by atoms with Crippen molar-refractivity contribution >= 4 is 0 Å². The minimum Gasteiger partial charge on any atom is -0.457 e. The highest BCUT2D eigenvalue weighted by molar-refractivity contribution is 5.52. The number of fused-ring (bicyclic) bond motifs is 2. The van der Waals surface area contributed by atoms with E-state index in [1.807, 2.05) is 24.3 Å². The van der Waals surface area contributed by atoms with Gasteiger partial charge in [-0.3, -0.25) is 0 Å². The molecule has 1 aliphatic rings. The van der Waals surface area contributed by atoms with Crippen LogP contribution in [0.3, 0.4) is 0 Å². The summed E-state index contributed by atoms with van der Waals surface area (Å²) in [4.78, 5) is 0. The van der Waals surface area contributed by atoms with Crippen LogP contribution < -0.4 is 10.1 Å². The van der Waals surface area contributed by atoms with Crippen LogP contribution in [0.4, 0.5) is 0 Å². The highest BCUT2D eigenvalue weighted by atomic mass is 16.5. The fourth-order valence-corrected chi connectivity index (χ4v) is 2.75. The molecule has 2 aromatic carbocycles. The Bertz CT molecular complexity index is 566. The lowest BCUT2D eigenvalue weighted by Crippen LogP contribution is -2.33. The minimum atomic E-state index is 0.165. The van der Waals surface area contributed by atoms with Crippen molar-refractivity contribution < 1.29 is 9.47 Å². The van der Waals surface area contributed by atoms with E-state index < -0.39 is 0 Å². The van der Waals surface area contributed by atoms with Gasteiger partial charge in [0.15, 0.2) is 0 Å². The summed E-state index contributed by atoms with van der Waals surface area (Å²) in [6.07, 6.45) is 0.984. The molecular weight excluding hydrogens is 262 g/mol. The average molecular weight is 283 g/mol. The summed E-state index contributed by atoms with van der Waals surface area (Å²) in [6, 6.07) is 17.0. The number of hydrogen-bond donors (Lipinski definition) is 1. The zero-order valence-electron chi connectivity index (χ0n) is 12.5. The molecule has 3 heteroatoms. The average Bonchev–Trinajstić information content (AvgIpc) is 2.52. The summed E-state index contributed by atoms with van der Waals surface area (Å²) in [7, 11) is 1.74. The molecule has 0 saturated carbocycles. The first kappa shape index (κ1) is 14.1. The fourth-order valence-electron chi connectivity index (χ4n) is 2.75. The maximum atomic E-state index is 6.01. The van der Waals surface area contributed by atoms with E-state index in [1.54, 1.807) is 7.11 Å². The Hall–Kier alpha value is -1.84. The second kappa shape index (κ2) is 6.29. The Morgan fingerprint density at radius 1 is 1.05 bits per heavy atom. The normalized spacial score (nSPS) is 15.0. The van der Waals surface area contributed by atoms with Gasteiger partial charge < -0.3 is 14.8 Å². The van der Waals surface area contributed by atoms with Gasteiger partial charge in [0, 0.05) is 30.9 Å². The van der Waals surface area contributed by atoms with Crippen molar-refractivity contribution in [3.8, 4) is 11.5 Å². The van der Waals surface area contributed by atoms with Crippen LogP contribution in [0, 0.1) is 0 Å². The van der Waals surface area contributed by atoms with Gasteiger partial charge in [0.25, 0.3) is 0 Å². The largest absolute Gasteiger partial charge is 0.457 e. The molecule has 0 spiro atoms. The van der Waals surface area contributed by atoms with Gasteiger partial charge in [-0.05, 0) is 25.5 Å². The third kappa shape index (κ3) is 2.94. The standard InChI is InChI=1S/C18H21NO2/c1-13(11-12-20-2)19-18-14-7-3-5-9-16(14)21-17-10-6-4-8-15(17)18/h3-10,13,18-19H,11-12H2,1-2H3. The Labute approximate surface area is 125 Å². The molecule has 3 nitrogen and oxygen atoms in total. The van der Waals surface area contributed by atoms with Crippen LogP contribution in [0.25, 0.3) is 0 Å². The van der Waals surface area contributed by atoms with Crippen LogP contribution in [0.5, 0.6) is 11.5 Å². The van der Waals surface area contributed by atoms with Crippen molar-refractivity contribution in [3.05, 3.63) is 59.7 Å². The molecule has 1 atom stereocenters.